The Kier molecular flexibility index (Phi) is 5.91. The smallest absolute Gasteiger partial charge is 0.410 e. The third-order valence-electron chi connectivity index (χ3n) is 2.97. The predicted molar refractivity (Wildman–Crippen MR) is 84.8 cm³/mol. The summed E-state index contributed by atoms with van der Waals surface area (Å²) in [5, 5.41) is 0. The fourth-order valence-electron chi connectivity index (χ4n) is 2.16. The van der Waals surface area contributed by atoms with Crippen molar-refractivity contribution < 1.29 is 19.1 Å². The van der Waals surface area contributed by atoms with E-state index in [1.165, 1.54) is 11.8 Å². The van der Waals surface area contributed by atoms with Gasteiger partial charge in [-0.25, -0.2) is 4.79 Å². The summed E-state index contributed by atoms with van der Waals surface area (Å²) in [6, 6.07) is 0. The van der Waals surface area contributed by atoms with Crippen LogP contribution in [0.1, 0.15) is 34.6 Å². The molecular weight excluding hydrogens is 284 g/mol. The molecule has 0 N–H and O–H groups in total. The van der Waals surface area contributed by atoms with E-state index >= 15 is 0 Å². The topological polar surface area (TPSA) is 68.2 Å². The van der Waals surface area contributed by atoms with Crippen LogP contribution in [0.15, 0.2) is 28.4 Å². The molecule has 0 fully saturated rings. The lowest BCUT2D eigenvalue weighted by atomic mass is 9.98. The zero-order valence-corrected chi connectivity index (χ0v) is 13.9. The Morgan fingerprint density at radius 1 is 1.41 bits per heavy atom. The van der Waals surface area contributed by atoms with Gasteiger partial charge in [0, 0.05) is 19.7 Å². The van der Waals surface area contributed by atoms with Crippen molar-refractivity contribution in [2.45, 2.75) is 46.3 Å². The molecule has 1 amide bonds. The van der Waals surface area contributed by atoms with Crippen LogP contribution >= 0.6 is 0 Å². The Hall–Kier alpha value is -2.11. The highest BCUT2D eigenvalue weighted by atomic mass is 16.6. The van der Waals surface area contributed by atoms with Crippen LogP contribution in [0.3, 0.4) is 0 Å². The van der Waals surface area contributed by atoms with Gasteiger partial charge in [-0.15, -0.1) is 0 Å². The molecule has 0 bridgehead atoms. The van der Waals surface area contributed by atoms with Gasteiger partial charge < -0.3 is 14.4 Å². The maximum absolute atomic E-state index is 12.2. The van der Waals surface area contributed by atoms with Gasteiger partial charge >= 0.3 is 12.1 Å². The second kappa shape index (κ2) is 7.24. The summed E-state index contributed by atoms with van der Waals surface area (Å²) < 4.78 is 10.7. The summed E-state index contributed by atoms with van der Waals surface area (Å²) in [5.74, 6) is -0.402. The molecule has 1 aliphatic rings. The lowest BCUT2D eigenvalue weighted by molar-refractivity contribution is -0.145. The van der Waals surface area contributed by atoms with Crippen LogP contribution in [-0.2, 0) is 14.3 Å². The van der Waals surface area contributed by atoms with Crippen LogP contribution in [0.4, 0.5) is 4.79 Å². The van der Waals surface area contributed by atoms with Crippen LogP contribution in [0, 0.1) is 0 Å². The average molecular weight is 308 g/mol. The van der Waals surface area contributed by atoms with Crippen LogP contribution in [0.25, 0.3) is 0 Å². The standard InChI is InChI=1S/C16H24N2O4/c1-11-9-18(15(20)22-16(3,4)5)10-14(21-12(2)19)13(11)7-8-17-6/h7-8,14H,6,9-10H2,1-5H3/b8-7-. The molecule has 0 saturated carbocycles. The van der Waals surface area contributed by atoms with Crippen molar-refractivity contribution in [3.8, 4) is 0 Å². The number of carbonyl (C=O) groups excluding carboxylic acids is 2. The summed E-state index contributed by atoms with van der Waals surface area (Å²) >= 11 is 0. The molecule has 0 radical (unpaired) electrons. The Bertz CT molecular complexity index is 515. The SMILES string of the molecule is C=N/C=C\C1=C(C)CN(C(=O)OC(C)(C)C)CC1OC(C)=O. The number of hydrogen-bond acceptors (Lipinski definition) is 5. The number of hydrogen-bond donors (Lipinski definition) is 0. The van der Waals surface area contributed by atoms with Crippen molar-refractivity contribution in [3.05, 3.63) is 23.4 Å². The Morgan fingerprint density at radius 2 is 2.05 bits per heavy atom. The van der Waals surface area contributed by atoms with Gasteiger partial charge in [-0.2, -0.15) is 0 Å². The Balaban J connectivity index is 2.99. The third kappa shape index (κ3) is 5.35. The molecule has 1 aliphatic heterocycles. The van der Waals surface area contributed by atoms with Gasteiger partial charge in [0.25, 0.3) is 0 Å². The van der Waals surface area contributed by atoms with Gasteiger partial charge in [-0.3, -0.25) is 9.79 Å². The minimum atomic E-state index is -0.571. The van der Waals surface area contributed by atoms with Crippen molar-refractivity contribution in [2.75, 3.05) is 13.1 Å². The van der Waals surface area contributed by atoms with Crippen LogP contribution < -0.4 is 0 Å². The number of aliphatic imine (C=N–C) groups is 1. The quantitative estimate of drug-likeness (QED) is 0.594. The van der Waals surface area contributed by atoms with E-state index in [-0.39, 0.29) is 6.54 Å². The molecule has 6 heteroatoms. The van der Waals surface area contributed by atoms with Crippen molar-refractivity contribution >= 4 is 18.8 Å². The third-order valence-corrected chi connectivity index (χ3v) is 2.97. The highest BCUT2D eigenvalue weighted by Gasteiger charge is 2.32. The number of nitrogens with zero attached hydrogens (tertiary/aromatic N) is 2. The van der Waals surface area contributed by atoms with E-state index in [0.29, 0.717) is 6.54 Å². The molecule has 0 aliphatic carbocycles. The van der Waals surface area contributed by atoms with Crippen molar-refractivity contribution in [2.24, 2.45) is 4.99 Å². The monoisotopic (exact) mass is 308 g/mol. The number of esters is 1. The number of rotatable bonds is 3. The van der Waals surface area contributed by atoms with Gasteiger partial charge in [0.2, 0.25) is 0 Å². The van der Waals surface area contributed by atoms with Gasteiger partial charge in [-0.1, -0.05) is 0 Å². The fraction of sp³-hybridized carbons (Fsp3) is 0.562. The molecule has 1 unspecified atom stereocenters. The van der Waals surface area contributed by atoms with E-state index in [1.54, 1.807) is 12.3 Å². The summed E-state index contributed by atoms with van der Waals surface area (Å²) in [6.07, 6.45) is 2.34. The van der Waals surface area contributed by atoms with E-state index in [0.717, 1.165) is 11.1 Å². The summed E-state index contributed by atoms with van der Waals surface area (Å²) in [6.45, 7) is 12.7. The summed E-state index contributed by atoms with van der Waals surface area (Å²) in [7, 11) is 0. The highest BCUT2D eigenvalue weighted by Crippen LogP contribution is 2.24. The van der Waals surface area contributed by atoms with E-state index in [9.17, 15) is 9.59 Å². The zero-order chi connectivity index (χ0) is 16.9. The second-order valence-corrected chi connectivity index (χ2v) is 6.19. The van der Waals surface area contributed by atoms with Crippen LogP contribution in [0.5, 0.6) is 0 Å². The first kappa shape index (κ1) is 17.9. The second-order valence-electron chi connectivity index (χ2n) is 6.19. The molecule has 1 rings (SSSR count). The largest absolute Gasteiger partial charge is 0.456 e. The average Bonchev–Trinajstić information content (AvgIpc) is 2.34. The van der Waals surface area contributed by atoms with E-state index < -0.39 is 23.8 Å². The van der Waals surface area contributed by atoms with E-state index in [2.05, 4.69) is 11.7 Å². The molecule has 0 aromatic rings. The van der Waals surface area contributed by atoms with E-state index in [4.69, 9.17) is 9.47 Å². The number of amides is 1. The predicted octanol–water partition coefficient (Wildman–Crippen LogP) is 2.70. The van der Waals surface area contributed by atoms with Crippen LogP contribution in [-0.4, -0.2) is 48.5 Å². The normalized spacial score (nSPS) is 19.3. The maximum atomic E-state index is 12.2. The van der Waals surface area contributed by atoms with Gasteiger partial charge in [0.05, 0.1) is 6.54 Å². The molecule has 0 aromatic carbocycles. The molecule has 22 heavy (non-hydrogen) atoms. The minimum Gasteiger partial charge on any atom is -0.456 e. The van der Waals surface area contributed by atoms with Gasteiger partial charge in [-0.05, 0) is 51.6 Å². The lowest BCUT2D eigenvalue weighted by Gasteiger charge is -2.35. The lowest BCUT2D eigenvalue weighted by Crippen LogP contribution is -2.46. The molecule has 6 nitrogen and oxygen atoms in total. The number of carbonyl (C=O) groups is 2. The first-order chi connectivity index (χ1) is 10.1. The zero-order valence-electron chi connectivity index (χ0n) is 13.9. The van der Waals surface area contributed by atoms with E-state index in [1.807, 2.05) is 27.7 Å². The van der Waals surface area contributed by atoms with Crippen molar-refractivity contribution in [3.63, 3.8) is 0 Å². The summed E-state index contributed by atoms with van der Waals surface area (Å²) in [5.41, 5.74) is 1.18. The van der Waals surface area contributed by atoms with Crippen LogP contribution in [0.2, 0.25) is 0 Å². The fourth-order valence-corrected chi connectivity index (χ4v) is 2.16. The molecule has 0 spiro atoms. The molecular formula is C16H24N2O4. The molecule has 122 valence electrons. The van der Waals surface area contributed by atoms with Gasteiger partial charge in [0.15, 0.2) is 0 Å². The molecule has 0 saturated heterocycles. The number of ether oxygens (including phenoxy) is 2. The summed E-state index contributed by atoms with van der Waals surface area (Å²) in [4.78, 5) is 28.7. The Labute approximate surface area is 131 Å². The minimum absolute atomic E-state index is 0.253. The first-order valence-electron chi connectivity index (χ1n) is 7.11. The van der Waals surface area contributed by atoms with Crippen molar-refractivity contribution in [1.29, 1.82) is 0 Å². The maximum Gasteiger partial charge on any atom is 0.410 e. The van der Waals surface area contributed by atoms with Gasteiger partial charge in [0.1, 0.15) is 11.7 Å². The first-order valence-corrected chi connectivity index (χ1v) is 7.11. The van der Waals surface area contributed by atoms with Crippen molar-refractivity contribution in [1.82, 2.24) is 4.90 Å². The highest BCUT2D eigenvalue weighted by molar-refractivity contribution is 5.70. The Morgan fingerprint density at radius 3 is 2.55 bits per heavy atom. The molecule has 1 heterocycles. The molecule has 1 atom stereocenters. The molecule has 0 aromatic heterocycles.